The molecule has 7 heteroatoms. The van der Waals surface area contributed by atoms with E-state index in [-0.39, 0.29) is 24.5 Å². The summed E-state index contributed by atoms with van der Waals surface area (Å²) in [4.78, 5) is 28.3. The number of carbonyl (C=O) groups excluding carboxylic acids is 2. The molecule has 6 nitrogen and oxygen atoms in total. The molecular formula is C18H27ClN2O4. The van der Waals surface area contributed by atoms with Crippen molar-refractivity contribution in [3.63, 3.8) is 0 Å². The van der Waals surface area contributed by atoms with Crippen LogP contribution in [0.1, 0.15) is 38.9 Å². The van der Waals surface area contributed by atoms with Gasteiger partial charge in [-0.2, -0.15) is 0 Å². The highest BCUT2D eigenvalue weighted by Gasteiger charge is 2.27. The number of rotatable bonds is 9. The summed E-state index contributed by atoms with van der Waals surface area (Å²) in [6.45, 7) is 5.74. The average molecular weight is 371 g/mol. The summed E-state index contributed by atoms with van der Waals surface area (Å²) in [5, 5.41) is -0.643. The van der Waals surface area contributed by atoms with Gasteiger partial charge in [-0.25, -0.2) is 0 Å². The van der Waals surface area contributed by atoms with E-state index in [1.807, 2.05) is 13.0 Å². The summed E-state index contributed by atoms with van der Waals surface area (Å²) < 4.78 is 11.0. The summed E-state index contributed by atoms with van der Waals surface area (Å²) in [5.41, 5.74) is 0. The fourth-order valence-corrected chi connectivity index (χ4v) is 3.07. The number of carbonyl (C=O) groups is 2. The number of hydrogen-bond acceptors (Lipinski definition) is 4. The van der Waals surface area contributed by atoms with Crippen molar-refractivity contribution in [1.29, 1.82) is 0 Å². The molecule has 0 aromatic carbocycles. The molecular weight excluding hydrogens is 344 g/mol. The molecule has 1 aromatic rings. The van der Waals surface area contributed by atoms with E-state index >= 15 is 0 Å². The van der Waals surface area contributed by atoms with E-state index in [1.54, 1.807) is 24.2 Å². The third kappa shape index (κ3) is 6.04. The largest absolute Gasteiger partial charge is 0.467 e. The van der Waals surface area contributed by atoms with Crippen molar-refractivity contribution >= 4 is 23.4 Å². The molecule has 0 spiro atoms. The third-order valence-electron chi connectivity index (χ3n) is 4.20. The molecule has 25 heavy (non-hydrogen) atoms. The van der Waals surface area contributed by atoms with Crippen molar-refractivity contribution in [2.45, 2.75) is 51.1 Å². The quantitative estimate of drug-likeness (QED) is 0.627. The molecule has 0 N–H and O–H groups in total. The predicted octanol–water partition coefficient (Wildman–Crippen LogP) is 2.65. The van der Waals surface area contributed by atoms with Crippen LogP contribution in [-0.2, 0) is 20.9 Å². The zero-order chi connectivity index (χ0) is 18.2. The highest BCUT2D eigenvalue weighted by atomic mass is 35.5. The Hall–Kier alpha value is -1.53. The van der Waals surface area contributed by atoms with E-state index in [0.717, 1.165) is 25.9 Å². The van der Waals surface area contributed by atoms with Gasteiger partial charge in [0, 0.05) is 19.7 Å². The van der Waals surface area contributed by atoms with E-state index in [9.17, 15) is 9.59 Å². The number of alkyl halides is 1. The third-order valence-corrected chi connectivity index (χ3v) is 4.39. The lowest BCUT2D eigenvalue weighted by atomic mass is 10.2. The summed E-state index contributed by atoms with van der Waals surface area (Å²) in [5.74, 6) is 0.378. The fraction of sp³-hybridized carbons (Fsp3) is 0.667. The predicted molar refractivity (Wildman–Crippen MR) is 95.3 cm³/mol. The average Bonchev–Trinajstić information content (AvgIpc) is 3.26. The Morgan fingerprint density at radius 2 is 2.20 bits per heavy atom. The van der Waals surface area contributed by atoms with Gasteiger partial charge in [-0.05, 0) is 38.3 Å². The van der Waals surface area contributed by atoms with E-state index in [4.69, 9.17) is 20.8 Å². The highest BCUT2D eigenvalue weighted by Crippen LogP contribution is 2.16. The second-order valence-corrected chi connectivity index (χ2v) is 7.02. The van der Waals surface area contributed by atoms with Gasteiger partial charge in [0.1, 0.15) is 11.1 Å². The van der Waals surface area contributed by atoms with Crippen LogP contribution in [0.5, 0.6) is 0 Å². The first-order valence-electron chi connectivity index (χ1n) is 8.85. The van der Waals surface area contributed by atoms with E-state index < -0.39 is 5.38 Å². The van der Waals surface area contributed by atoms with Gasteiger partial charge in [0.2, 0.25) is 11.8 Å². The van der Waals surface area contributed by atoms with Gasteiger partial charge in [-0.15, -0.1) is 11.6 Å². The summed E-state index contributed by atoms with van der Waals surface area (Å²) in [6.07, 6.45) is 4.36. The Balaban J connectivity index is 2.04. The number of nitrogens with zero attached hydrogens (tertiary/aromatic N) is 2. The summed E-state index contributed by atoms with van der Waals surface area (Å²) in [7, 11) is 0. The molecule has 1 saturated heterocycles. The minimum atomic E-state index is -0.643. The maximum absolute atomic E-state index is 12.9. The molecule has 140 valence electrons. The Labute approximate surface area is 154 Å². The molecule has 0 aliphatic carbocycles. The lowest BCUT2D eigenvalue weighted by Crippen LogP contribution is -2.46. The number of halogens is 1. The fourth-order valence-electron chi connectivity index (χ4n) is 2.93. The first kappa shape index (κ1) is 19.8. The van der Waals surface area contributed by atoms with Crippen LogP contribution >= 0.6 is 11.6 Å². The van der Waals surface area contributed by atoms with E-state index in [2.05, 4.69) is 0 Å². The minimum absolute atomic E-state index is 0.0250. The van der Waals surface area contributed by atoms with E-state index in [0.29, 0.717) is 25.4 Å². The number of amides is 2. The molecule has 0 radical (unpaired) electrons. The van der Waals surface area contributed by atoms with Gasteiger partial charge in [-0.3, -0.25) is 9.59 Å². The van der Waals surface area contributed by atoms with Crippen LogP contribution in [0.4, 0.5) is 0 Å². The van der Waals surface area contributed by atoms with Crippen molar-refractivity contribution in [2.24, 2.45) is 0 Å². The Morgan fingerprint density at radius 3 is 2.76 bits per heavy atom. The van der Waals surface area contributed by atoms with Crippen LogP contribution in [0, 0.1) is 0 Å². The Bertz CT molecular complexity index is 541. The molecule has 0 saturated carbocycles. The lowest BCUT2D eigenvalue weighted by Gasteiger charge is -2.29. The van der Waals surface area contributed by atoms with Gasteiger partial charge in [0.25, 0.3) is 0 Å². The maximum atomic E-state index is 12.9. The second-order valence-electron chi connectivity index (χ2n) is 6.36. The van der Waals surface area contributed by atoms with Crippen molar-refractivity contribution in [2.75, 3.05) is 26.2 Å². The number of furan rings is 1. The van der Waals surface area contributed by atoms with Crippen LogP contribution in [0.2, 0.25) is 0 Å². The lowest BCUT2D eigenvalue weighted by molar-refractivity contribution is -0.141. The molecule has 0 bridgehead atoms. The number of ether oxygens (including phenoxy) is 1. The van der Waals surface area contributed by atoms with Gasteiger partial charge in [0.05, 0.1) is 25.5 Å². The van der Waals surface area contributed by atoms with Gasteiger partial charge in [-0.1, -0.05) is 6.92 Å². The molecule has 1 aromatic heterocycles. The summed E-state index contributed by atoms with van der Waals surface area (Å²) >= 11 is 5.92. The van der Waals surface area contributed by atoms with Gasteiger partial charge >= 0.3 is 0 Å². The first-order valence-corrected chi connectivity index (χ1v) is 9.29. The minimum Gasteiger partial charge on any atom is -0.467 e. The smallest absolute Gasteiger partial charge is 0.242 e. The van der Waals surface area contributed by atoms with Crippen LogP contribution in [0.3, 0.4) is 0 Å². The van der Waals surface area contributed by atoms with Crippen LogP contribution in [-0.4, -0.2) is 59.3 Å². The van der Waals surface area contributed by atoms with Crippen LogP contribution in [0.15, 0.2) is 22.8 Å². The molecule has 1 aliphatic rings. The van der Waals surface area contributed by atoms with Crippen molar-refractivity contribution < 1.29 is 18.7 Å². The molecule has 2 rings (SSSR count). The van der Waals surface area contributed by atoms with Crippen LogP contribution in [0.25, 0.3) is 0 Å². The maximum Gasteiger partial charge on any atom is 0.242 e. The van der Waals surface area contributed by atoms with E-state index in [1.165, 1.54) is 4.90 Å². The van der Waals surface area contributed by atoms with Crippen molar-refractivity contribution in [3.8, 4) is 0 Å². The zero-order valence-corrected chi connectivity index (χ0v) is 15.7. The van der Waals surface area contributed by atoms with Gasteiger partial charge in [0.15, 0.2) is 0 Å². The molecule has 1 fully saturated rings. The van der Waals surface area contributed by atoms with Crippen molar-refractivity contribution in [3.05, 3.63) is 24.2 Å². The SMILES string of the molecule is CCCN(CC(=O)N(Cc1ccco1)C[C@@H]1CCCO1)C(=O)[C@@H](C)Cl. The second kappa shape index (κ2) is 9.82. The summed E-state index contributed by atoms with van der Waals surface area (Å²) in [6, 6.07) is 3.64. The molecule has 2 atom stereocenters. The number of hydrogen-bond donors (Lipinski definition) is 0. The Kier molecular flexibility index (Phi) is 7.78. The first-order chi connectivity index (χ1) is 12.0. The highest BCUT2D eigenvalue weighted by molar-refractivity contribution is 6.30. The zero-order valence-electron chi connectivity index (χ0n) is 14.9. The van der Waals surface area contributed by atoms with Crippen molar-refractivity contribution in [1.82, 2.24) is 9.80 Å². The normalized spacial score (nSPS) is 18.1. The standard InChI is InChI=1S/C18H27ClN2O4/c1-3-8-20(18(23)14(2)19)13-17(22)21(11-15-6-4-9-24-15)12-16-7-5-10-25-16/h4,6,9,14,16H,3,5,7-8,10-13H2,1-2H3/t14-,16+/m1/s1. The van der Waals surface area contributed by atoms with Gasteiger partial charge < -0.3 is 19.0 Å². The monoisotopic (exact) mass is 370 g/mol. The topological polar surface area (TPSA) is 63.0 Å². The molecule has 1 aliphatic heterocycles. The molecule has 2 amide bonds. The molecule has 2 heterocycles. The molecule has 0 unspecified atom stereocenters. The van der Waals surface area contributed by atoms with Crippen LogP contribution < -0.4 is 0 Å². The Morgan fingerprint density at radius 1 is 1.40 bits per heavy atom.